The highest BCUT2D eigenvalue weighted by Crippen LogP contribution is 2.14. The van der Waals surface area contributed by atoms with Crippen LogP contribution in [0.2, 0.25) is 0 Å². The van der Waals surface area contributed by atoms with E-state index >= 15 is 0 Å². The lowest BCUT2D eigenvalue weighted by atomic mass is 10.3. The number of hydrogen-bond acceptors (Lipinski definition) is 3. The van der Waals surface area contributed by atoms with Crippen molar-refractivity contribution in [2.75, 3.05) is 13.7 Å². The van der Waals surface area contributed by atoms with E-state index < -0.39 is 0 Å². The van der Waals surface area contributed by atoms with Gasteiger partial charge in [-0.05, 0) is 6.92 Å². The molecule has 1 unspecified atom stereocenters. The molecule has 1 rings (SSSR count). The van der Waals surface area contributed by atoms with Crippen LogP contribution >= 0.6 is 27.3 Å². The molecular formula is C8H12BrNOS. The number of aryl methyl sites for hydroxylation is 1. The van der Waals surface area contributed by atoms with E-state index in [1.165, 1.54) is 5.01 Å². The lowest BCUT2D eigenvalue weighted by Gasteiger charge is -2.04. The predicted octanol–water partition coefficient (Wildman–Crippen LogP) is 2.40. The summed E-state index contributed by atoms with van der Waals surface area (Å²) in [6, 6.07) is 0. The van der Waals surface area contributed by atoms with E-state index in [4.69, 9.17) is 4.74 Å². The van der Waals surface area contributed by atoms with Gasteiger partial charge in [-0.1, -0.05) is 15.9 Å². The molecule has 0 aliphatic rings. The minimum atomic E-state index is 0.382. The molecule has 0 fully saturated rings. The second kappa shape index (κ2) is 4.94. The minimum Gasteiger partial charge on any atom is -0.384 e. The van der Waals surface area contributed by atoms with Gasteiger partial charge in [-0.15, -0.1) is 11.3 Å². The van der Waals surface area contributed by atoms with Gasteiger partial charge < -0.3 is 4.74 Å². The monoisotopic (exact) mass is 249 g/mol. The van der Waals surface area contributed by atoms with Gasteiger partial charge in [0, 0.05) is 29.4 Å². The number of nitrogens with zero attached hydrogens (tertiary/aromatic N) is 1. The highest BCUT2D eigenvalue weighted by atomic mass is 79.9. The first-order valence-corrected chi connectivity index (χ1v) is 5.56. The molecule has 68 valence electrons. The summed E-state index contributed by atoms with van der Waals surface area (Å²) in [7, 11) is 1.71. The second-order valence-electron chi connectivity index (χ2n) is 2.64. The number of halogens is 1. The SMILES string of the molecule is COCC(Br)Cc1nc(C)cs1. The summed E-state index contributed by atoms with van der Waals surface area (Å²) in [5.74, 6) is 0. The lowest BCUT2D eigenvalue weighted by Crippen LogP contribution is -2.09. The fraction of sp³-hybridized carbons (Fsp3) is 0.625. The molecule has 1 heterocycles. The molecule has 0 aliphatic heterocycles. The highest BCUT2D eigenvalue weighted by molar-refractivity contribution is 9.09. The standard InChI is InChI=1S/C8H12BrNOS/c1-6-5-12-8(10-6)3-7(9)4-11-2/h5,7H,3-4H2,1-2H3. The third kappa shape index (κ3) is 3.21. The smallest absolute Gasteiger partial charge is 0.0940 e. The fourth-order valence-electron chi connectivity index (χ4n) is 0.926. The van der Waals surface area contributed by atoms with Crippen molar-refractivity contribution in [1.82, 2.24) is 4.98 Å². The van der Waals surface area contributed by atoms with Gasteiger partial charge in [0.05, 0.1) is 11.6 Å². The van der Waals surface area contributed by atoms with Gasteiger partial charge in [-0.2, -0.15) is 0 Å². The topological polar surface area (TPSA) is 22.1 Å². The Morgan fingerprint density at radius 2 is 2.50 bits per heavy atom. The first-order valence-electron chi connectivity index (χ1n) is 3.76. The molecule has 2 nitrogen and oxygen atoms in total. The average molecular weight is 250 g/mol. The Bertz CT molecular complexity index is 239. The molecule has 1 atom stereocenters. The summed E-state index contributed by atoms with van der Waals surface area (Å²) >= 11 is 5.23. The number of thiazole rings is 1. The Kier molecular flexibility index (Phi) is 4.18. The zero-order chi connectivity index (χ0) is 8.97. The van der Waals surface area contributed by atoms with E-state index in [2.05, 4.69) is 26.3 Å². The first-order chi connectivity index (χ1) is 5.72. The zero-order valence-electron chi connectivity index (χ0n) is 7.21. The number of rotatable bonds is 4. The third-order valence-electron chi connectivity index (χ3n) is 1.41. The zero-order valence-corrected chi connectivity index (χ0v) is 9.61. The number of aromatic nitrogens is 1. The van der Waals surface area contributed by atoms with Crippen LogP contribution in [0.15, 0.2) is 5.38 Å². The van der Waals surface area contributed by atoms with Crippen molar-refractivity contribution in [3.05, 3.63) is 16.1 Å². The number of methoxy groups -OCH3 is 1. The maximum atomic E-state index is 5.01. The van der Waals surface area contributed by atoms with Crippen LogP contribution in [0.1, 0.15) is 10.7 Å². The number of ether oxygens (including phenoxy) is 1. The van der Waals surface area contributed by atoms with Crippen LogP contribution < -0.4 is 0 Å². The molecular weight excluding hydrogens is 238 g/mol. The largest absolute Gasteiger partial charge is 0.384 e. The molecule has 0 saturated heterocycles. The molecule has 0 aromatic carbocycles. The summed E-state index contributed by atoms with van der Waals surface area (Å²) in [4.78, 5) is 4.75. The van der Waals surface area contributed by atoms with Gasteiger partial charge in [-0.25, -0.2) is 4.98 Å². The molecule has 0 amide bonds. The van der Waals surface area contributed by atoms with E-state index in [-0.39, 0.29) is 0 Å². The molecule has 0 radical (unpaired) electrons. The number of hydrogen-bond donors (Lipinski definition) is 0. The normalized spacial score (nSPS) is 13.2. The summed E-state index contributed by atoms with van der Waals surface area (Å²) < 4.78 is 5.01. The van der Waals surface area contributed by atoms with E-state index in [1.54, 1.807) is 18.4 Å². The minimum absolute atomic E-state index is 0.382. The van der Waals surface area contributed by atoms with Gasteiger partial charge in [0.25, 0.3) is 0 Å². The van der Waals surface area contributed by atoms with Crippen molar-refractivity contribution >= 4 is 27.3 Å². The first kappa shape index (κ1) is 10.2. The van der Waals surface area contributed by atoms with Gasteiger partial charge >= 0.3 is 0 Å². The summed E-state index contributed by atoms with van der Waals surface area (Å²) in [6.45, 7) is 2.75. The Morgan fingerprint density at radius 3 is 3.00 bits per heavy atom. The Balaban J connectivity index is 2.41. The molecule has 0 saturated carbocycles. The van der Waals surface area contributed by atoms with Gasteiger partial charge in [-0.3, -0.25) is 0 Å². The van der Waals surface area contributed by atoms with Crippen molar-refractivity contribution in [2.45, 2.75) is 18.2 Å². The van der Waals surface area contributed by atoms with Crippen LogP contribution in [-0.2, 0) is 11.2 Å². The molecule has 1 aromatic rings. The van der Waals surface area contributed by atoms with Crippen molar-refractivity contribution in [1.29, 1.82) is 0 Å². The van der Waals surface area contributed by atoms with Gasteiger partial charge in [0.1, 0.15) is 0 Å². The molecule has 1 aromatic heterocycles. The molecule has 0 aliphatic carbocycles. The predicted molar refractivity (Wildman–Crippen MR) is 55.1 cm³/mol. The molecule has 0 bridgehead atoms. The molecule has 0 spiro atoms. The fourth-order valence-corrected chi connectivity index (χ4v) is 2.56. The van der Waals surface area contributed by atoms with Crippen LogP contribution in [0, 0.1) is 6.92 Å². The maximum absolute atomic E-state index is 5.01. The second-order valence-corrected chi connectivity index (χ2v) is 4.88. The van der Waals surface area contributed by atoms with E-state index in [1.807, 2.05) is 6.92 Å². The Morgan fingerprint density at radius 1 is 1.75 bits per heavy atom. The molecule has 4 heteroatoms. The van der Waals surface area contributed by atoms with Crippen molar-refractivity contribution in [3.63, 3.8) is 0 Å². The van der Waals surface area contributed by atoms with Crippen molar-refractivity contribution in [3.8, 4) is 0 Å². The summed E-state index contributed by atoms with van der Waals surface area (Å²) in [5.41, 5.74) is 1.10. The quantitative estimate of drug-likeness (QED) is 0.765. The average Bonchev–Trinajstić information content (AvgIpc) is 2.36. The van der Waals surface area contributed by atoms with Crippen LogP contribution in [0.5, 0.6) is 0 Å². The van der Waals surface area contributed by atoms with Crippen LogP contribution in [0.3, 0.4) is 0 Å². The summed E-state index contributed by atoms with van der Waals surface area (Å²) in [6.07, 6.45) is 0.951. The Hall–Kier alpha value is 0.0700. The van der Waals surface area contributed by atoms with Crippen LogP contribution in [0.4, 0.5) is 0 Å². The van der Waals surface area contributed by atoms with Crippen LogP contribution in [-0.4, -0.2) is 23.5 Å². The number of alkyl halides is 1. The van der Waals surface area contributed by atoms with E-state index in [0.29, 0.717) is 4.83 Å². The van der Waals surface area contributed by atoms with E-state index in [0.717, 1.165) is 18.7 Å². The third-order valence-corrected chi connectivity index (χ3v) is 2.99. The van der Waals surface area contributed by atoms with Gasteiger partial charge in [0.15, 0.2) is 0 Å². The van der Waals surface area contributed by atoms with E-state index in [9.17, 15) is 0 Å². The highest BCUT2D eigenvalue weighted by Gasteiger charge is 2.07. The lowest BCUT2D eigenvalue weighted by molar-refractivity contribution is 0.200. The molecule has 0 N–H and O–H groups in total. The van der Waals surface area contributed by atoms with Crippen LogP contribution in [0.25, 0.3) is 0 Å². The summed E-state index contributed by atoms with van der Waals surface area (Å²) in [5, 5.41) is 3.24. The van der Waals surface area contributed by atoms with Crippen molar-refractivity contribution in [2.24, 2.45) is 0 Å². The maximum Gasteiger partial charge on any atom is 0.0940 e. The Labute approximate surface area is 85.1 Å². The molecule has 12 heavy (non-hydrogen) atoms. The van der Waals surface area contributed by atoms with Crippen molar-refractivity contribution < 1.29 is 4.74 Å². The van der Waals surface area contributed by atoms with Gasteiger partial charge in [0.2, 0.25) is 0 Å².